The first-order valence-electron chi connectivity index (χ1n) is 6.42. The van der Waals surface area contributed by atoms with Crippen LogP contribution in [-0.2, 0) is 9.53 Å². The molecule has 0 fully saturated rings. The summed E-state index contributed by atoms with van der Waals surface area (Å²) in [6.07, 6.45) is -0.882. The van der Waals surface area contributed by atoms with Crippen LogP contribution >= 0.6 is 0 Å². The van der Waals surface area contributed by atoms with Crippen LogP contribution < -0.4 is 5.32 Å². The molecule has 0 aliphatic heterocycles. The molecule has 1 aliphatic rings. The third-order valence-corrected chi connectivity index (χ3v) is 3.53. The van der Waals surface area contributed by atoms with Crippen molar-refractivity contribution in [3.05, 3.63) is 48.0 Å². The van der Waals surface area contributed by atoms with Gasteiger partial charge in [0.15, 0.2) is 0 Å². The number of aliphatic hydroxyl groups excluding tert-OH is 1. The Kier molecular flexibility index (Phi) is 3.26. The van der Waals surface area contributed by atoms with E-state index in [-0.39, 0.29) is 6.54 Å². The molecule has 0 heterocycles. The number of ether oxygens (including phenoxy) is 1. The van der Waals surface area contributed by atoms with Gasteiger partial charge in [0.25, 0.3) is 0 Å². The minimum absolute atomic E-state index is 0.0225. The van der Waals surface area contributed by atoms with E-state index in [0.717, 1.165) is 11.1 Å². The molecule has 102 valence electrons. The molecule has 0 saturated carbocycles. The van der Waals surface area contributed by atoms with E-state index in [0.29, 0.717) is 0 Å². The molecular formula is C16H15NO3. The second-order valence-corrected chi connectivity index (χ2v) is 4.71. The van der Waals surface area contributed by atoms with Crippen LogP contribution in [0.25, 0.3) is 22.3 Å². The van der Waals surface area contributed by atoms with Gasteiger partial charge in [0.05, 0.1) is 13.7 Å². The Morgan fingerprint density at radius 2 is 1.80 bits per heavy atom. The van der Waals surface area contributed by atoms with E-state index < -0.39 is 12.2 Å². The van der Waals surface area contributed by atoms with Crippen molar-refractivity contribution in [3.8, 4) is 22.3 Å². The van der Waals surface area contributed by atoms with E-state index in [1.807, 2.05) is 30.3 Å². The maximum absolute atomic E-state index is 11.0. The van der Waals surface area contributed by atoms with Crippen molar-refractivity contribution in [1.29, 1.82) is 0 Å². The smallest absolute Gasteiger partial charge is 0.319 e. The van der Waals surface area contributed by atoms with Gasteiger partial charge in [-0.1, -0.05) is 36.4 Å². The third-order valence-electron chi connectivity index (χ3n) is 3.53. The lowest BCUT2D eigenvalue weighted by atomic mass is 9.80. The molecule has 0 amide bonds. The maximum Gasteiger partial charge on any atom is 0.319 e. The van der Waals surface area contributed by atoms with E-state index in [4.69, 9.17) is 0 Å². The maximum atomic E-state index is 11.0. The summed E-state index contributed by atoms with van der Waals surface area (Å²) in [5.41, 5.74) is 5.51. The quantitative estimate of drug-likeness (QED) is 0.562. The normalized spacial score (nSPS) is 12.9. The number of hydrogen-bond donors (Lipinski definition) is 2. The van der Waals surface area contributed by atoms with Crippen LogP contribution in [0.5, 0.6) is 0 Å². The van der Waals surface area contributed by atoms with Crippen LogP contribution in [0.15, 0.2) is 42.5 Å². The van der Waals surface area contributed by atoms with Gasteiger partial charge in [0, 0.05) is 0 Å². The first-order valence-corrected chi connectivity index (χ1v) is 6.42. The molecule has 0 radical (unpaired) electrons. The van der Waals surface area contributed by atoms with Gasteiger partial charge >= 0.3 is 5.97 Å². The number of rotatable bonds is 4. The predicted octanol–water partition coefficient (Wildman–Crippen LogP) is 2.09. The Bertz CT molecular complexity index is 667. The van der Waals surface area contributed by atoms with Gasteiger partial charge in [-0.3, -0.25) is 10.1 Å². The Balaban J connectivity index is 1.77. The molecule has 2 aromatic rings. The van der Waals surface area contributed by atoms with Gasteiger partial charge in [-0.05, 0) is 33.9 Å². The van der Waals surface area contributed by atoms with Gasteiger partial charge in [0.1, 0.15) is 6.23 Å². The minimum atomic E-state index is -0.882. The summed E-state index contributed by atoms with van der Waals surface area (Å²) in [4.78, 5) is 11.0. The summed E-state index contributed by atoms with van der Waals surface area (Å²) in [6.45, 7) is -0.0225. The average molecular weight is 269 g/mol. The van der Waals surface area contributed by atoms with Crippen LogP contribution in [0, 0.1) is 0 Å². The van der Waals surface area contributed by atoms with Crippen LogP contribution in [-0.4, -0.2) is 24.7 Å². The number of carbonyl (C=O) groups excluding carboxylic acids is 1. The lowest BCUT2D eigenvalue weighted by molar-refractivity contribution is -0.140. The highest BCUT2D eigenvalue weighted by Crippen LogP contribution is 2.47. The van der Waals surface area contributed by atoms with Crippen molar-refractivity contribution < 1.29 is 14.6 Å². The summed E-state index contributed by atoms with van der Waals surface area (Å²) in [5.74, 6) is -0.404. The van der Waals surface area contributed by atoms with Crippen molar-refractivity contribution in [3.63, 3.8) is 0 Å². The van der Waals surface area contributed by atoms with Crippen LogP contribution in [0.2, 0.25) is 0 Å². The summed E-state index contributed by atoms with van der Waals surface area (Å²) < 4.78 is 4.52. The minimum Gasteiger partial charge on any atom is -0.468 e. The zero-order valence-electron chi connectivity index (χ0n) is 11.1. The molecule has 0 spiro atoms. The molecular weight excluding hydrogens is 254 g/mol. The van der Waals surface area contributed by atoms with Gasteiger partial charge in [-0.2, -0.15) is 0 Å². The standard InChI is InChI=1S/C16H15NO3/c1-20-15(18)9-17-16(19)10-6-7-13-11-4-2-3-5-12(11)14(13)8-10/h2-8,16-17,19H,9H2,1H3. The highest BCUT2D eigenvalue weighted by atomic mass is 16.5. The predicted molar refractivity (Wildman–Crippen MR) is 75.9 cm³/mol. The van der Waals surface area contributed by atoms with Crippen LogP contribution in [0.1, 0.15) is 11.8 Å². The second kappa shape index (κ2) is 5.07. The Labute approximate surface area is 117 Å². The fourth-order valence-corrected chi connectivity index (χ4v) is 2.45. The first-order chi connectivity index (χ1) is 9.70. The highest BCUT2D eigenvalue weighted by Gasteiger charge is 2.22. The fourth-order valence-electron chi connectivity index (χ4n) is 2.45. The number of hydrogen-bond acceptors (Lipinski definition) is 4. The monoisotopic (exact) mass is 269 g/mol. The Morgan fingerprint density at radius 3 is 2.50 bits per heavy atom. The van der Waals surface area contributed by atoms with E-state index >= 15 is 0 Å². The van der Waals surface area contributed by atoms with Gasteiger partial charge in [-0.15, -0.1) is 0 Å². The topological polar surface area (TPSA) is 58.6 Å². The van der Waals surface area contributed by atoms with Gasteiger partial charge < -0.3 is 9.84 Å². The average Bonchev–Trinajstić information content (AvgIpc) is 2.49. The van der Waals surface area contributed by atoms with Crippen LogP contribution in [0.4, 0.5) is 0 Å². The molecule has 0 bridgehead atoms. The van der Waals surface area contributed by atoms with Crippen molar-refractivity contribution in [2.75, 3.05) is 13.7 Å². The fraction of sp³-hybridized carbons (Fsp3) is 0.188. The van der Waals surface area contributed by atoms with E-state index in [1.54, 1.807) is 0 Å². The van der Waals surface area contributed by atoms with E-state index in [1.165, 1.54) is 23.8 Å². The van der Waals surface area contributed by atoms with Crippen molar-refractivity contribution in [1.82, 2.24) is 5.32 Å². The van der Waals surface area contributed by atoms with Gasteiger partial charge in [-0.25, -0.2) is 0 Å². The number of methoxy groups -OCH3 is 1. The summed E-state index contributed by atoms with van der Waals surface area (Å²) in [6, 6.07) is 14.0. The Morgan fingerprint density at radius 1 is 1.15 bits per heavy atom. The van der Waals surface area contributed by atoms with E-state index in [9.17, 15) is 9.90 Å². The zero-order valence-corrected chi connectivity index (χ0v) is 11.1. The summed E-state index contributed by atoms with van der Waals surface area (Å²) in [7, 11) is 1.32. The van der Waals surface area contributed by atoms with E-state index in [2.05, 4.69) is 22.2 Å². The third kappa shape index (κ3) is 2.09. The van der Waals surface area contributed by atoms with Crippen molar-refractivity contribution in [2.45, 2.75) is 6.23 Å². The second-order valence-electron chi connectivity index (χ2n) is 4.71. The lowest BCUT2D eigenvalue weighted by Crippen LogP contribution is -2.28. The molecule has 0 saturated heterocycles. The number of nitrogens with one attached hydrogen (secondary N) is 1. The number of aliphatic hydroxyl groups is 1. The number of benzene rings is 2. The molecule has 3 rings (SSSR count). The molecule has 4 nitrogen and oxygen atoms in total. The molecule has 20 heavy (non-hydrogen) atoms. The molecule has 2 aromatic carbocycles. The molecule has 1 unspecified atom stereocenters. The summed E-state index contributed by atoms with van der Waals surface area (Å²) in [5, 5.41) is 12.8. The highest BCUT2D eigenvalue weighted by molar-refractivity contribution is 6.02. The van der Waals surface area contributed by atoms with Crippen molar-refractivity contribution in [2.24, 2.45) is 0 Å². The number of carbonyl (C=O) groups is 1. The SMILES string of the molecule is COC(=O)CNC(O)c1ccc2c(c1)-c1ccccc1-2. The molecule has 0 aromatic heterocycles. The zero-order chi connectivity index (χ0) is 14.1. The lowest BCUT2D eigenvalue weighted by Gasteiger charge is -2.25. The number of fused-ring (bicyclic) bond motifs is 4. The number of esters is 1. The molecule has 1 atom stereocenters. The van der Waals surface area contributed by atoms with Crippen molar-refractivity contribution >= 4 is 5.97 Å². The van der Waals surface area contributed by atoms with Gasteiger partial charge in [0.2, 0.25) is 0 Å². The molecule has 4 heteroatoms. The molecule has 1 aliphatic carbocycles. The van der Waals surface area contributed by atoms with Crippen LogP contribution in [0.3, 0.4) is 0 Å². The molecule has 2 N–H and O–H groups in total. The first kappa shape index (κ1) is 12.8. The largest absolute Gasteiger partial charge is 0.468 e. The summed E-state index contributed by atoms with van der Waals surface area (Å²) >= 11 is 0. The Hall–Kier alpha value is -2.17.